The third kappa shape index (κ3) is 32.6. The van der Waals surface area contributed by atoms with Gasteiger partial charge in [-0.1, -0.05) is 122 Å². The Morgan fingerprint density at radius 3 is 1.54 bits per heavy atom. The van der Waals surface area contributed by atoms with Crippen LogP contribution < -0.4 is 0 Å². The number of likely N-dealkylation sites (N-methyl/N-ethyl adjacent to an activating group) is 1. The molecule has 9 heteroatoms. The Bertz CT molecular complexity index is 810. The van der Waals surface area contributed by atoms with Gasteiger partial charge in [0.2, 0.25) is 0 Å². The number of allylic oxidation sites excluding steroid dienone is 2. The molecule has 0 aromatic carbocycles. The van der Waals surface area contributed by atoms with E-state index in [1.807, 2.05) is 21.1 Å². The number of unbranched alkanes of at least 4 members (excludes halogenated alkanes) is 18. The highest BCUT2D eigenvalue weighted by Crippen LogP contribution is 2.13. The maximum Gasteiger partial charge on any atom is 0.361 e. The van der Waals surface area contributed by atoms with Gasteiger partial charge < -0.3 is 28.5 Å². The van der Waals surface area contributed by atoms with Crippen molar-refractivity contribution < 1.29 is 42.9 Å². The van der Waals surface area contributed by atoms with Gasteiger partial charge in [-0.3, -0.25) is 9.59 Å². The van der Waals surface area contributed by atoms with Crippen LogP contribution in [-0.4, -0.2) is 87.4 Å². The third-order valence-corrected chi connectivity index (χ3v) is 8.27. The molecule has 2 unspecified atom stereocenters. The highest BCUT2D eigenvalue weighted by Gasteiger charge is 2.25. The van der Waals surface area contributed by atoms with Crippen molar-refractivity contribution in [2.45, 2.75) is 174 Å². The molecule has 0 saturated heterocycles. The summed E-state index contributed by atoms with van der Waals surface area (Å²) in [6, 6.07) is 0. The van der Waals surface area contributed by atoms with Crippen LogP contribution in [0.15, 0.2) is 12.2 Å². The summed E-state index contributed by atoms with van der Waals surface area (Å²) in [5, 5.41) is 9.55. The van der Waals surface area contributed by atoms with Gasteiger partial charge in [-0.2, -0.15) is 0 Å². The van der Waals surface area contributed by atoms with E-state index in [1.165, 1.54) is 83.5 Å². The van der Waals surface area contributed by atoms with Gasteiger partial charge in [0.15, 0.2) is 6.10 Å². The first-order chi connectivity index (χ1) is 23.1. The number of hydrogen-bond acceptors (Lipinski definition) is 7. The first kappa shape index (κ1) is 46.0. The lowest BCUT2D eigenvalue weighted by molar-refractivity contribution is -0.870. The van der Waals surface area contributed by atoms with Crippen molar-refractivity contribution in [2.24, 2.45) is 0 Å². The number of carboxylic acid groups (broad SMARTS) is 1. The standard InChI is InChI=1S/C39H73NO8/c1-6-8-10-12-14-15-16-17-18-19-20-21-22-23-24-26-28-30-37(42)48-35(33-46-36(41)29-27-25-13-11-9-7-2)34-47-39(38(43)44)45-32-31-40(3,4)5/h17-18,35,39H,6-16,19-34H2,1-5H3/p+1/b18-17-. The maximum absolute atomic E-state index is 12.6. The SMILES string of the molecule is CCCCCCCC/C=C\CCCCCCCCCC(=O)OC(COC(=O)CCCCCCCC)COC(OCC[N+](C)(C)C)C(=O)O. The average molecular weight is 685 g/mol. The number of carbonyl (C=O) groups is 3. The minimum Gasteiger partial charge on any atom is -0.477 e. The molecule has 0 heterocycles. The first-order valence-corrected chi connectivity index (χ1v) is 19.4. The van der Waals surface area contributed by atoms with Crippen LogP contribution in [0.3, 0.4) is 0 Å². The zero-order valence-electron chi connectivity index (χ0n) is 31.7. The molecular formula is C39H74NO8+. The van der Waals surface area contributed by atoms with Gasteiger partial charge in [-0.15, -0.1) is 0 Å². The number of aliphatic carboxylic acids is 1. The second-order valence-electron chi connectivity index (χ2n) is 14.2. The number of nitrogens with zero attached hydrogens (tertiary/aromatic N) is 1. The quantitative estimate of drug-likeness (QED) is 0.0232. The maximum atomic E-state index is 12.6. The fourth-order valence-corrected chi connectivity index (χ4v) is 5.18. The molecule has 0 aliphatic carbocycles. The normalized spacial score (nSPS) is 13.1. The molecular weight excluding hydrogens is 610 g/mol. The van der Waals surface area contributed by atoms with Crippen molar-refractivity contribution in [1.82, 2.24) is 0 Å². The van der Waals surface area contributed by atoms with Crippen LogP contribution in [0.1, 0.15) is 162 Å². The molecule has 2 atom stereocenters. The zero-order chi connectivity index (χ0) is 35.7. The van der Waals surface area contributed by atoms with Gasteiger partial charge in [-0.05, 0) is 38.5 Å². The highest BCUT2D eigenvalue weighted by atomic mass is 16.7. The van der Waals surface area contributed by atoms with E-state index in [1.54, 1.807) is 0 Å². The predicted octanol–water partition coefficient (Wildman–Crippen LogP) is 9.16. The summed E-state index contributed by atoms with van der Waals surface area (Å²) in [7, 11) is 5.94. The molecule has 0 saturated carbocycles. The van der Waals surface area contributed by atoms with Crippen LogP contribution in [0.5, 0.6) is 0 Å². The highest BCUT2D eigenvalue weighted by molar-refractivity contribution is 5.71. The van der Waals surface area contributed by atoms with E-state index in [0.717, 1.165) is 51.4 Å². The molecule has 0 spiro atoms. The molecule has 0 bridgehead atoms. The van der Waals surface area contributed by atoms with Gasteiger partial charge in [0.25, 0.3) is 6.29 Å². The van der Waals surface area contributed by atoms with Crippen molar-refractivity contribution >= 4 is 17.9 Å². The molecule has 9 nitrogen and oxygen atoms in total. The Kier molecular flexibility index (Phi) is 30.9. The van der Waals surface area contributed by atoms with Crippen molar-refractivity contribution in [3.63, 3.8) is 0 Å². The molecule has 0 rings (SSSR count). The Hall–Kier alpha value is -1.97. The summed E-state index contributed by atoms with van der Waals surface area (Å²) in [6.07, 6.45) is 27.2. The molecule has 0 aromatic heterocycles. The van der Waals surface area contributed by atoms with E-state index in [9.17, 15) is 19.5 Å². The van der Waals surface area contributed by atoms with Gasteiger partial charge in [0, 0.05) is 12.8 Å². The largest absolute Gasteiger partial charge is 0.477 e. The lowest BCUT2D eigenvalue weighted by Crippen LogP contribution is -2.40. The number of quaternary nitrogens is 1. The fraction of sp³-hybridized carbons (Fsp3) is 0.872. The lowest BCUT2D eigenvalue weighted by Gasteiger charge is -2.25. The minimum atomic E-state index is -1.50. The Morgan fingerprint density at radius 2 is 1.06 bits per heavy atom. The van der Waals surface area contributed by atoms with Crippen molar-refractivity contribution in [2.75, 3.05) is 47.5 Å². The molecule has 0 radical (unpaired) electrons. The number of esters is 2. The minimum absolute atomic E-state index is 0.181. The number of ether oxygens (including phenoxy) is 4. The average Bonchev–Trinajstić information content (AvgIpc) is 3.03. The van der Waals surface area contributed by atoms with Gasteiger partial charge in [0.1, 0.15) is 13.2 Å². The summed E-state index contributed by atoms with van der Waals surface area (Å²) >= 11 is 0. The molecule has 282 valence electrons. The molecule has 0 fully saturated rings. The molecule has 1 N–H and O–H groups in total. The van der Waals surface area contributed by atoms with Crippen LogP contribution in [-0.2, 0) is 33.3 Å². The second-order valence-corrected chi connectivity index (χ2v) is 14.2. The second kappa shape index (κ2) is 32.2. The van der Waals surface area contributed by atoms with Crippen molar-refractivity contribution in [1.29, 1.82) is 0 Å². The molecule has 0 aliphatic heterocycles. The summed E-state index contributed by atoms with van der Waals surface area (Å²) in [5.41, 5.74) is 0. The fourth-order valence-electron chi connectivity index (χ4n) is 5.18. The third-order valence-electron chi connectivity index (χ3n) is 8.27. The summed E-state index contributed by atoms with van der Waals surface area (Å²) in [5.74, 6) is -2.02. The Labute approximate surface area is 294 Å². The monoisotopic (exact) mass is 685 g/mol. The van der Waals surface area contributed by atoms with Crippen LogP contribution in [0.25, 0.3) is 0 Å². The first-order valence-electron chi connectivity index (χ1n) is 19.4. The van der Waals surface area contributed by atoms with E-state index < -0.39 is 24.3 Å². The molecule has 0 amide bonds. The van der Waals surface area contributed by atoms with Gasteiger partial charge in [-0.25, -0.2) is 4.79 Å². The van der Waals surface area contributed by atoms with Crippen LogP contribution in [0.2, 0.25) is 0 Å². The van der Waals surface area contributed by atoms with E-state index in [-0.39, 0.29) is 32.2 Å². The van der Waals surface area contributed by atoms with E-state index in [2.05, 4.69) is 26.0 Å². The smallest absolute Gasteiger partial charge is 0.361 e. The van der Waals surface area contributed by atoms with Crippen LogP contribution in [0.4, 0.5) is 0 Å². The Morgan fingerprint density at radius 1 is 0.604 bits per heavy atom. The number of hydrogen-bond donors (Lipinski definition) is 1. The summed E-state index contributed by atoms with van der Waals surface area (Å²) in [6.45, 7) is 4.78. The lowest BCUT2D eigenvalue weighted by atomic mass is 10.1. The van der Waals surface area contributed by atoms with Gasteiger partial charge >= 0.3 is 17.9 Å². The van der Waals surface area contributed by atoms with Crippen molar-refractivity contribution in [3.05, 3.63) is 12.2 Å². The predicted molar refractivity (Wildman–Crippen MR) is 194 cm³/mol. The number of carbonyl (C=O) groups excluding carboxylic acids is 2. The molecule has 48 heavy (non-hydrogen) atoms. The van der Waals surface area contributed by atoms with Crippen LogP contribution in [0, 0.1) is 0 Å². The van der Waals surface area contributed by atoms with E-state index in [0.29, 0.717) is 17.4 Å². The van der Waals surface area contributed by atoms with Crippen molar-refractivity contribution in [3.8, 4) is 0 Å². The summed E-state index contributed by atoms with van der Waals surface area (Å²) in [4.78, 5) is 36.7. The summed E-state index contributed by atoms with van der Waals surface area (Å²) < 4.78 is 22.5. The van der Waals surface area contributed by atoms with E-state index >= 15 is 0 Å². The van der Waals surface area contributed by atoms with Gasteiger partial charge in [0.05, 0.1) is 34.4 Å². The number of carboxylic acids is 1. The Balaban J connectivity index is 4.41. The topological polar surface area (TPSA) is 108 Å². The zero-order valence-corrected chi connectivity index (χ0v) is 31.7. The molecule has 0 aromatic rings. The van der Waals surface area contributed by atoms with Crippen LogP contribution >= 0.6 is 0 Å². The molecule has 0 aliphatic rings. The van der Waals surface area contributed by atoms with E-state index in [4.69, 9.17) is 18.9 Å². The number of rotatable bonds is 35.